The number of likely N-dealkylation sites (tertiary alicyclic amines) is 1. The van der Waals surface area contributed by atoms with Crippen LogP contribution in [-0.4, -0.2) is 66.0 Å². The summed E-state index contributed by atoms with van der Waals surface area (Å²) in [6.45, 7) is 6.66. The van der Waals surface area contributed by atoms with Crippen LogP contribution in [0.2, 0.25) is 0 Å². The lowest BCUT2D eigenvalue weighted by Gasteiger charge is -2.44. The van der Waals surface area contributed by atoms with Gasteiger partial charge in [0.25, 0.3) is 0 Å². The topological polar surface area (TPSA) is 62.3 Å². The molecule has 7 nitrogen and oxygen atoms in total. The fourth-order valence-corrected chi connectivity index (χ4v) is 6.48. The van der Waals surface area contributed by atoms with Crippen molar-refractivity contribution in [2.75, 3.05) is 33.9 Å². The molecule has 1 aromatic rings. The first-order chi connectivity index (χ1) is 17.4. The van der Waals surface area contributed by atoms with Crippen molar-refractivity contribution in [3.05, 3.63) is 58.8 Å². The van der Waals surface area contributed by atoms with Crippen LogP contribution < -0.4 is 9.47 Å². The molecular weight excluding hydrogens is 454 g/mol. The lowest BCUT2D eigenvalue weighted by atomic mass is 9.82. The van der Waals surface area contributed by atoms with Gasteiger partial charge in [-0.15, -0.1) is 0 Å². The van der Waals surface area contributed by atoms with Crippen LogP contribution in [-0.2, 0) is 11.3 Å². The Morgan fingerprint density at radius 2 is 1.92 bits per heavy atom. The van der Waals surface area contributed by atoms with Crippen LogP contribution >= 0.6 is 0 Å². The molecule has 0 saturated carbocycles. The van der Waals surface area contributed by atoms with Crippen LogP contribution in [0.15, 0.2) is 47.7 Å². The maximum Gasteiger partial charge on any atom is 0.325 e. The Labute approximate surface area is 214 Å². The molecule has 2 saturated heterocycles. The summed E-state index contributed by atoms with van der Waals surface area (Å²) in [5.74, 6) is 1.77. The maximum atomic E-state index is 13.8. The Morgan fingerprint density at radius 1 is 1.14 bits per heavy atom. The van der Waals surface area contributed by atoms with Crippen molar-refractivity contribution in [2.24, 2.45) is 0 Å². The first-order valence-corrected chi connectivity index (χ1v) is 13.1. The lowest BCUT2D eigenvalue weighted by molar-refractivity contribution is -0.132. The van der Waals surface area contributed by atoms with Gasteiger partial charge < -0.3 is 19.3 Å². The van der Waals surface area contributed by atoms with Crippen LogP contribution in [0.5, 0.6) is 11.5 Å². The van der Waals surface area contributed by atoms with E-state index in [1.165, 1.54) is 0 Å². The fourth-order valence-electron chi connectivity index (χ4n) is 6.48. The molecule has 2 fully saturated rings. The molecule has 1 aromatic carbocycles. The summed E-state index contributed by atoms with van der Waals surface area (Å²) in [6.07, 6.45) is 12.7. The fraction of sp³-hybridized carbons (Fsp3) is 0.517. The van der Waals surface area contributed by atoms with E-state index in [0.717, 1.165) is 59.6 Å². The number of amides is 3. The van der Waals surface area contributed by atoms with Gasteiger partial charge in [-0.2, -0.15) is 0 Å². The van der Waals surface area contributed by atoms with Crippen LogP contribution in [0, 0.1) is 0 Å². The van der Waals surface area contributed by atoms with Gasteiger partial charge in [0.2, 0.25) is 5.91 Å². The van der Waals surface area contributed by atoms with Crippen molar-refractivity contribution in [1.82, 2.24) is 14.7 Å². The molecule has 5 rings (SSSR count). The standard InChI is InChI=1S/C29H37N3O4/c1-5-32-28(34)31-19-22-17-23(35-3)18-24(36-4)27(22)20(2)15-25(31)29(32)11-13-30(14-12-29)26(33)16-21-9-7-6-8-10-21/h7,9-10,15,17-18,20H,5-6,8,11-14,16,19H2,1-4H3/t20-/m0/s1. The molecule has 0 radical (unpaired) electrons. The van der Waals surface area contributed by atoms with Gasteiger partial charge in [0.1, 0.15) is 11.5 Å². The summed E-state index contributed by atoms with van der Waals surface area (Å²) in [5, 5.41) is 0. The van der Waals surface area contributed by atoms with Gasteiger partial charge in [-0.3, -0.25) is 9.69 Å². The normalized spacial score (nSPS) is 22.6. The van der Waals surface area contributed by atoms with Gasteiger partial charge in [-0.05, 0) is 49.8 Å². The summed E-state index contributed by atoms with van der Waals surface area (Å²) in [7, 11) is 3.33. The van der Waals surface area contributed by atoms with Crippen molar-refractivity contribution in [2.45, 2.75) is 64.0 Å². The van der Waals surface area contributed by atoms with E-state index in [2.05, 4.69) is 38.2 Å². The molecule has 3 aliphatic heterocycles. The third-order valence-electron chi connectivity index (χ3n) is 8.28. The molecule has 7 heteroatoms. The average molecular weight is 492 g/mol. The summed E-state index contributed by atoms with van der Waals surface area (Å²) < 4.78 is 11.3. The number of likely N-dealkylation sites (N-methyl/N-ethyl adjacent to an activating group) is 1. The molecule has 36 heavy (non-hydrogen) atoms. The number of methoxy groups -OCH3 is 2. The molecule has 4 aliphatic rings. The third-order valence-corrected chi connectivity index (χ3v) is 8.28. The molecule has 192 valence electrons. The number of fused-ring (bicyclic) bond motifs is 3. The largest absolute Gasteiger partial charge is 0.497 e. The van der Waals surface area contributed by atoms with Gasteiger partial charge in [0, 0.05) is 42.9 Å². The predicted molar refractivity (Wildman–Crippen MR) is 139 cm³/mol. The minimum Gasteiger partial charge on any atom is -0.497 e. The summed E-state index contributed by atoms with van der Waals surface area (Å²) >= 11 is 0. The first-order valence-electron chi connectivity index (χ1n) is 13.1. The molecule has 0 aromatic heterocycles. The van der Waals surface area contributed by atoms with Crippen LogP contribution in [0.25, 0.3) is 0 Å². The number of hydrogen-bond acceptors (Lipinski definition) is 4. The minimum atomic E-state index is -0.389. The van der Waals surface area contributed by atoms with E-state index in [-0.39, 0.29) is 23.4 Å². The Bertz CT molecular complexity index is 1140. The van der Waals surface area contributed by atoms with E-state index in [4.69, 9.17) is 9.47 Å². The van der Waals surface area contributed by atoms with Gasteiger partial charge in [0.15, 0.2) is 0 Å². The zero-order valence-corrected chi connectivity index (χ0v) is 21.9. The van der Waals surface area contributed by atoms with E-state index in [1.807, 2.05) is 26.8 Å². The Kier molecular flexibility index (Phi) is 6.58. The van der Waals surface area contributed by atoms with E-state index < -0.39 is 0 Å². The van der Waals surface area contributed by atoms with E-state index >= 15 is 0 Å². The number of urea groups is 1. The Balaban J connectivity index is 1.43. The summed E-state index contributed by atoms with van der Waals surface area (Å²) in [5.41, 5.74) is 3.95. The van der Waals surface area contributed by atoms with Crippen molar-refractivity contribution in [1.29, 1.82) is 0 Å². The molecular formula is C29H37N3O4. The first kappa shape index (κ1) is 24.5. The zero-order chi connectivity index (χ0) is 25.4. The van der Waals surface area contributed by atoms with Crippen LogP contribution in [0.4, 0.5) is 4.79 Å². The lowest BCUT2D eigenvalue weighted by Crippen LogP contribution is -2.54. The molecule has 0 unspecified atom stereocenters. The van der Waals surface area contributed by atoms with Crippen molar-refractivity contribution in [3.8, 4) is 11.5 Å². The minimum absolute atomic E-state index is 0.0443. The SMILES string of the molecule is CCN1C(=O)N2Cc3cc(OC)cc(OC)c3[C@@H](C)C=C2C12CCN(C(=O)CC1=CCCC=C1)CC2. The Hall–Kier alpha value is -3.22. The van der Waals surface area contributed by atoms with E-state index in [1.54, 1.807) is 14.2 Å². The third kappa shape index (κ3) is 3.98. The zero-order valence-electron chi connectivity index (χ0n) is 21.9. The number of rotatable bonds is 5. The molecule has 1 aliphatic carbocycles. The summed E-state index contributed by atoms with van der Waals surface area (Å²) in [4.78, 5) is 32.8. The van der Waals surface area contributed by atoms with E-state index in [9.17, 15) is 9.59 Å². The monoisotopic (exact) mass is 491 g/mol. The van der Waals surface area contributed by atoms with Crippen molar-refractivity contribution in [3.63, 3.8) is 0 Å². The smallest absolute Gasteiger partial charge is 0.325 e. The number of nitrogens with zero attached hydrogens (tertiary/aromatic N) is 3. The Morgan fingerprint density at radius 3 is 2.56 bits per heavy atom. The molecule has 0 N–H and O–H groups in total. The second kappa shape index (κ2) is 9.68. The number of piperidine rings is 1. The predicted octanol–water partition coefficient (Wildman–Crippen LogP) is 4.99. The quantitative estimate of drug-likeness (QED) is 0.582. The molecule has 0 bridgehead atoms. The number of carbonyl (C=O) groups is 2. The highest BCUT2D eigenvalue weighted by Gasteiger charge is 2.55. The van der Waals surface area contributed by atoms with Gasteiger partial charge in [-0.25, -0.2) is 4.79 Å². The van der Waals surface area contributed by atoms with Gasteiger partial charge >= 0.3 is 6.03 Å². The molecule has 3 heterocycles. The van der Waals surface area contributed by atoms with Crippen molar-refractivity contribution >= 4 is 11.9 Å². The molecule has 1 atom stereocenters. The second-order valence-electron chi connectivity index (χ2n) is 10.2. The van der Waals surface area contributed by atoms with Gasteiger partial charge in [0.05, 0.1) is 32.7 Å². The highest BCUT2D eigenvalue weighted by molar-refractivity contribution is 5.84. The average Bonchev–Trinajstić information content (AvgIpc) is 3.00. The number of carbonyl (C=O) groups excluding carboxylic acids is 2. The highest BCUT2D eigenvalue weighted by atomic mass is 16.5. The number of benzene rings is 1. The van der Waals surface area contributed by atoms with Gasteiger partial charge in [-0.1, -0.05) is 31.2 Å². The number of hydrogen-bond donors (Lipinski definition) is 0. The molecule has 3 amide bonds. The number of ether oxygens (including phenoxy) is 2. The van der Waals surface area contributed by atoms with Crippen LogP contribution in [0.3, 0.4) is 0 Å². The number of allylic oxidation sites excluding steroid dienone is 4. The van der Waals surface area contributed by atoms with E-state index in [0.29, 0.717) is 32.6 Å². The molecule has 1 spiro atoms. The summed E-state index contributed by atoms with van der Waals surface area (Å²) in [6, 6.07) is 3.99. The highest BCUT2D eigenvalue weighted by Crippen LogP contribution is 2.49. The van der Waals surface area contributed by atoms with Crippen molar-refractivity contribution < 1.29 is 19.1 Å². The van der Waals surface area contributed by atoms with Crippen LogP contribution in [0.1, 0.15) is 63.0 Å². The maximum absolute atomic E-state index is 13.8. The second-order valence-corrected chi connectivity index (χ2v) is 10.2.